The Balaban J connectivity index is 1.21. The highest BCUT2D eigenvalue weighted by Crippen LogP contribution is 2.34. The number of thiophene rings is 1. The molecular formula is C22H16N4O4S3. The molecule has 11 heteroatoms. The Kier molecular flexibility index (Phi) is 6.24. The third-order valence-corrected chi connectivity index (χ3v) is 7.17. The van der Waals surface area contributed by atoms with Crippen LogP contribution < -0.4 is 20.1 Å². The van der Waals surface area contributed by atoms with E-state index in [0.29, 0.717) is 32.9 Å². The molecule has 8 nitrogen and oxygen atoms in total. The Morgan fingerprint density at radius 2 is 1.97 bits per heavy atom. The molecule has 2 N–H and O–H groups in total. The van der Waals surface area contributed by atoms with E-state index in [2.05, 4.69) is 20.6 Å². The summed E-state index contributed by atoms with van der Waals surface area (Å²) in [5.41, 5.74) is 1.81. The number of nitrogens with zero attached hydrogens (tertiary/aromatic N) is 2. The average Bonchev–Trinajstić information content (AvgIpc) is 3.59. The predicted molar refractivity (Wildman–Crippen MR) is 130 cm³/mol. The molecule has 0 saturated carbocycles. The Morgan fingerprint density at radius 3 is 2.85 bits per heavy atom. The normalized spacial score (nSPS) is 11.9. The standard InChI is InChI=1S/C22H16N4O4S3/c27-19(24-13-5-6-16-17(9-13)30-12-29-16)11-32-21-14(3-1-7-23-21)20(28)26-22-25-15(10-33-22)18-4-2-8-31-18/h1-10H,11-12H2,(H,24,27)(H,25,26,28). The molecule has 0 bridgehead atoms. The van der Waals surface area contributed by atoms with Crippen molar-refractivity contribution in [3.8, 4) is 22.1 Å². The van der Waals surface area contributed by atoms with E-state index >= 15 is 0 Å². The van der Waals surface area contributed by atoms with Crippen molar-refractivity contribution in [3.63, 3.8) is 0 Å². The minimum Gasteiger partial charge on any atom is -0.454 e. The van der Waals surface area contributed by atoms with Crippen molar-refractivity contribution in [2.45, 2.75) is 5.03 Å². The summed E-state index contributed by atoms with van der Waals surface area (Å²) in [6, 6.07) is 12.5. The van der Waals surface area contributed by atoms with Gasteiger partial charge in [0.2, 0.25) is 12.7 Å². The fourth-order valence-corrected chi connectivity index (χ4v) is 5.28. The minimum absolute atomic E-state index is 0.0888. The number of pyridine rings is 1. The molecule has 0 atom stereocenters. The number of hydrogen-bond acceptors (Lipinski definition) is 9. The summed E-state index contributed by atoms with van der Waals surface area (Å²) in [5, 5.41) is 10.5. The molecule has 33 heavy (non-hydrogen) atoms. The van der Waals surface area contributed by atoms with Crippen LogP contribution in [0.4, 0.5) is 10.8 Å². The van der Waals surface area contributed by atoms with Crippen LogP contribution >= 0.6 is 34.4 Å². The molecule has 0 spiro atoms. The first-order chi connectivity index (χ1) is 16.2. The number of carbonyl (C=O) groups is 2. The monoisotopic (exact) mass is 496 g/mol. The number of ether oxygens (including phenoxy) is 2. The largest absolute Gasteiger partial charge is 0.454 e. The molecule has 0 unspecified atom stereocenters. The van der Waals surface area contributed by atoms with Crippen LogP contribution in [0, 0.1) is 0 Å². The lowest BCUT2D eigenvalue weighted by Crippen LogP contribution is -2.16. The molecule has 0 saturated heterocycles. The van der Waals surface area contributed by atoms with Gasteiger partial charge in [-0.3, -0.25) is 14.9 Å². The van der Waals surface area contributed by atoms with Crippen LogP contribution in [0.1, 0.15) is 10.4 Å². The molecule has 1 aliphatic rings. The summed E-state index contributed by atoms with van der Waals surface area (Å²) >= 11 is 4.13. The number of thiazole rings is 1. The van der Waals surface area contributed by atoms with Gasteiger partial charge in [-0.1, -0.05) is 17.8 Å². The van der Waals surface area contributed by atoms with E-state index in [1.54, 1.807) is 47.9 Å². The molecule has 166 valence electrons. The van der Waals surface area contributed by atoms with Gasteiger partial charge in [-0.05, 0) is 35.7 Å². The fraction of sp³-hybridized carbons (Fsp3) is 0.0909. The SMILES string of the molecule is O=C(CSc1ncccc1C(=O)Nc1nc(-c2cccs2)cs1)Nc1ccc2c(c1)OCO2. The van der Waals surface area contributed by atoms with Gasteiger partial charge in [-0.2, -0.15) is 0 Å². The van der Waals surface area contributed by atoms with Gasteiger partial charge < -0.3 is 14.8 Å². The number of aromatic nitrogens is 2. The van der Waals surface area contributed by atoms with E-state index in [4.69, 9.17) is 9.47 Å². The second kappa shape index (κ2) is 9.61. The molecule has 0 radical (unpaired) electrons. The summed E-state index contributed by atoms with van der Waals surface area (Å²) < 4.78 is 10.6. The Hall–Kier alpha value is -3.41. The third-order valence-electron chi connectivity index (χ3n) is 4.51. The lowest BCUT2D eigenvalue weighted by molar-refractivity contribution is -0.113. The number of hydrogen-bond donors (Lipinski definition) is 2. The van der Waals surface area contributed by atoms with Crippen molar-refractivity contribution >= 4 is 57.1 Å². The smallest absolute Gasteiger partial charge is 0.260 e. The van der Waals surface area contributed by atoms with Gasteiger partial charge in [0.15, 0.2) is 16.6 Å². The van der Waals surface area contributed by atoms with E-state index < -0.39 is 0 Å². The van der Waals surface area contributed by atoms with Crippen LogP contribution in [0.25, 0.3) is 10.6 Å². The Bertz CT molecular complexity index is 1310. The lowest BCUT2D eigenvalue weighted by Gasteiger charge is -2.08. The number of benzene rings is 1. The van der Waals surface area contributed by atoms with Crippen LogP contribution in [0.5, 0.6) is 11.5 Å². The van der Waals surface area contributed by atoms with Crippen molar-refractivity contribution in [3.05, 3.63) is 65.0 Å². The summed E-state index contributed by atoms with van der Waals surface area (Å²) in [5.74, 6) is 0.777. The molecule has 0 aliphatic carbocycles. The van der Waals surface area contributed by atoms with Crippen LogP contribution in [-0.4, -0.2) is 34.3 Å². The van der Waals surface area contributed by atoms with Crippen LogP contribution in [0.3, 0.4) is 0 Å². The lowest BCUT2D eigenvalue weighted by atomic mass is 10.3. The summed E-state index contributed by atoms with van der Waals surface area (Å²) in [6.45, 7) is 0.170. The maximum atomic E-state index is 12.9. The molecule has 4 heterocycles. The average molecular weight is 497 g/mol. The van der Waals surface area contributed by atoms with Gasteiger partial charge >= 0.3 is 0 Å². The highest BCUT2D eigenvalue weighted by Gasteiger charge is 2.17. The van der Waals surface area contributed by atoms with Crippen LogP contribution in [0.2, 0.25) is 0 Å². The van der Waals surface area contributed by atoms with Crippen molar-refractivity contribution < 1.29 is 19.1 Å². The maximum Gasteiger partial charge on any atom is 0.260 e. The molecule has 3 aromatic heterocycles. The van der Waals surface area contributed by atoms with Gasteiger partial charge in [0.05, 0.1) is 21.9 Å². The first-order valence-electron chi connectivity index (χ1n) is 9.74. The van der Waals surface area contributed by atoms with E-state index in [0.717, 1.165) is 10.6 Å². The number of rotatable bonds is 7. The molecule has 4 aromatic rings. The zero-order valence-corrected chi connectivity index (χ0v) is 19.4. The summed E-state index contributed by atoms with van der Waals surface area (Å²) in [6.07, 6.45) is 1.59. The maximum absolute atomic E-state index is 12.9. The zero-order valence-electron chi connectivity index (χ0n) is 16.9. The van der Waals surface area contributed by atoms with Crippen molar-refractivity contribution in [2.75, 3.05) is 23.2 Å². The minimum atomic E-state index is -0.325. The van der Waals surface area contributed by atoms with Gasteiger partial charge in [0.1, 0.15) is 5.03 Å². The quantitative estimate of drug-likeness (QED) is 0.348. The van der Waals surface area contributed by atoms with Crippen molar-refractivity contribution in [1.82, 2.24) is 9.97 Å². The van der Waals surface area contributed by atoms with Gasteiger partial charge in [0, 0.05) is 23.3 Å². The highest BCUT2D eigenvalue weighted by atomic mass is 32.2. The summed E-state index contributed by atoms with van der Waals surface area (Å²) in [7, 11) is 0. The highest BCUT2D eigenvalue weighted by molar-refractivity contribution is 8.00. The van der Waals surface area contributed by atoms with Crippen molar-refractivity contribution in [2.24, 2.45) is 0 Å². The topological polar surface area (TPSA) is 102 Å². The fourth-order valence-electron chi connectivity index (χ4n) is 3.02. The van der Waals surface area contributed by atoms with Gasteiger partial charge in [0.25, 0.3) is 5.91 Å². The molecule has 0 fully saturated rings. The number of amides is 2. The number of fused-ring (bicyclic) bond motifs is 1. The predicted octanol–water partition coefficient (Wildman–Crippen LogP) is 4.98. The number of anilines is 2. The van der Waals surface area contributed by atoms with E-state index in [1.807, 2.05) is 22.9 Å². The third kappa shape index (κ3) is 5.00. The summed E-state index contributed by atoms with van der Waals surface area (Å²) in [4.78, 5) is 35.1. The molecule has 1 aromatic carbocycles. The molecule has 1 aliphatic heterocycles. The molecular weight excluding hydrogens is 480 g/mol. The second-order valence-electron chi connectivity index (χ2n) is 6.73. The van der Waals surface area contributed by atoms with Crippen LogP contribution in [0.15, 0.2) is 64.4 Å². The van der Waals surface area contributed by atoms with Crippen LogP contribution in [-0.2, 0) is 4.79 Å². The molecule has 2 amide bonds. The Morgan fingerprint density at radius 1 is 1.06 bits per heavy atom. The second-order valence-corrected chi connectivity index (χ2v) is 9.50. The number of nitrogens with one attached hydrogen (secondary N) is 2. The van der Waals surface area contributed by atoms with E-state index in [-0.39, 0.29) is 24.4 Å². The van der Waals surface area contributed by atoms with E-state index in [9.17, 15) is 9.59 Å². The number of thioether (sulfide) groups is 1. The van der Waals surface area contributed by atoms with Gasteiger partial charge in [-0.15, -0.1) is 22.7 Å². The van der Waals surface area contributed by atoms with Gasteiger partial charge in [-0.25, -0.2) is 9.97 Å². The van der Waals surface area contributed by atoms with E-state index in [1.165, 1.54) is 23.1 Å². The number of carbonyl (C=O) groups excluding carboxylic acids is 2. The zero-order chi connectivity index (χ0) is 22.6. The first kappa shape index (κ1) is 21.4. The Labute approximate surface area is 201 Å². The molecule has 5 rings (SSSR count). The first-order valence-corrected chi connectivity index (χ1v) is 12.5. The van der Waals surface area contributed by atoms with Crippen molar-refractivity contribution in [1.29, 1.82) is 0 Å².